The SMILES string of the molecule is CCCCCCCCCCCCCCCCCCN.[S]=[Mo]=[S]. The van der Waals surface area contributed by atoms with Gasteiger partial charge >= 0.3 is 34.6 Å². The van der Waals surface area contributed by atoms with Gasteiger partial charge in [0.25, 0.3) is 0 Å². The van der Waals surface area contributed by atoms with Crippen LogP contribution in [0.1, 0.15) is 110 Å². The van der Waals surface area contributed by atoms with Gasteiger partial charge in [-0.05, 0) is 13.0 Å². The molecule has 0 bridgehead atoms. The summed E-state index contributed by atoms with van der Waals surface area (Å²) >= 11 is -0.363. The second kappa shape index (κ2) is 27.0. The van der Waals surface area contributed by atoms with Gasteiger partial charge in [0.1, 0.15) is 0 Å². The van der Waals surface area contributed by atoms with E-state index in [0.29, 0.717) is 0 Å². The van der Waals surface area contributed by atoms with Gasteiger partial charge in [0.15, 0.2) is 0 Å². The van der Waals surface area contributed by atoms with Crippen LogP contribution in [0.2, 0.25) is 0 Å². The molecule has 2 N–H and O–H groups in total. The summed E-state index contributed by atoms with van der Waals surface area (Å²) in [6.45, 7) is 3.16. The Balaban J connectivity index is 0. The van der Waals surface area contributed by atoms with Crippen molar-refractivity contribution in [1.82, 2.24) is 0 Å². The molecule has 0 heterocycles. The molecule has 0 aromatic heterocycles. The van der Waals surface area contributed by atoms with E-state index in [4.69, 9.17) is 5.73 Å². The summed E-state index contributed by atoms with van der Waals surface area (Å²) in [4.78, 5) is 0. The van der Waals surface area contributed by atoms with Crippen LogP contribution in [0.25, 0.3) is 0 Å². The summed E-state index contributed by atoms with van der Waals surface area (Å²) in [5, 5.41) is 0. The predicted octanol–water partition coefficient (Wildman–Crippen LogP) is 7.50. The molecular weight excluding hydrogens is 390 g/mol. The zero-order chi connectivity index (χ0) is 16.7. The van der Waals surface area contributed by atoms with Crippen molar-refractivity contribution in [2.75, 3.05) is 6.54 Å². The molecule has 0 aliphatic rings. The molecule has 0 saturated carbocycles. The third-order valence-electron chi connectivity index (χ3n) is 4.06. The van der Waals surface area contributed by atoms with Crippen LogP contribution in [0.3, 0.4) is 0 Å². The fourth-order valence-electron chi connectivity index (χ4n) is 2.69. The zero-order valence-electron chi connectivity index (χ0n) is 14.8. The summed E-state index contributed by atoms with van der Waals surface area (Å²) in [6, 6.07) is 0. The Hall–Kier alpha value is 1.09. The average molecular weight is 430 g/mol. The Morgan fingerprint density at radius 3 is 1.00 bits per heavy atom. The average Bonchev–Trinajstić information content (AvgIpc) is 2.52. The van der Waals surface area contributed by atoms with Crippen LogP contribution >= 0.6 is 19.6 Å². The number of rotatable bonds is 16. The van der Waals surface area contributed by atoms with Gasteiger partial charge in [-0.15, -0.1) is 0 Å². The zero-order valence-corrected chi connectivity index (χ0v) is 18.5. The topological polar surface area (TPSA) is 26.0 Å². The van der Waals surface area contributed by atoms with Crippen molar-refractivity contribution in [3.05, 3.63) is 0 Å². The van der Waals surface area contributed by atoms with Gasteiger partial charge in [0.2, 0.25) is 0 Å². The Morgan fingerprint density at radius 1 is 0.545 bits per heavy atom. The Morgan fingerprint density at radius 2 is 0.773 bits per heavy atom. The summed E-state index contributed by atoms with van der Waals surface area (Å²) in [6.07, 6.45) is 22.9. The summed E-state index contributed by atoms with van der Waals surface area (Å²) in [7, 11) is 8.68. The molecule has 1 nitrogen and oxygen atoms in total. The van der Waals surface area contributed by atoms with E-state index in [1.54, 1.807) is 0 Å². The fourth-order valence-corrected chi connectivity index (χ4v) is 2.69. The third-order valence-corrected chi connectivity index (χ3v) is 4.06. The van der Waals surface area contributed by atoms with Crippen molar-refractivity contribution >= 4 is 19.6 Å². The molecule has 22 heavy (non-hydrogen) atoms. The quantitative estimate of drug-likeness (QED) is 0.203. The molecule has 0 amide bonds. The molecule has 0 rings (SSSR count). The minimum atomic E-state index is -0.363. The van der Waals surface area contributed by atoms with Crippen LogP contribution < -0.4 is 5.73 Å². The number of hydrogen-bond acceptors (Lipinski definition) is 3. The molecule has 0 aromatic carbocycles. The van der Waals surface area contributed by atoms with Crippen LogP contribution in [-0.4, -0.2) is 6.54 Å². The second-order valence-corrected chi connectivity index (χ2v) is 9.71. The van der Waals surface area contributed by atoms with Gasteiger partial charge in [-0.3, -0.25) is 0 Å². The Bertz CT molecular complexity index is 203. The minimum absolute atomic E-state index is 0.363. The third kappa shape index (κ3) is 29.1. The number of unbranched alkanes of at least 4 members (excludes halogenated alkanes) is 15. The number of hydrogen-bond donors (Lipinski definition) is 1. The molecule has 134 valence electrons. The van der Waals surface area contributed by atoms with Crippen molar-refractivity contribution in [2.24, 2.45) is 5.73 Å². The van der Waals surface area contributed by atoms with E-state index in [1.807, 2.05) is 0 Å². The van der Waals surface area contributed by atoms with E-state index in [1.165, 1.54) is 103 Å². The molecule has 0 radical (unpaired) electrons. The van der Waals surface area contributed by atoms with E-state index in [-0.39, 0.29) is 14.9 Å². The fraction of sp³-hybridized carbons (Fsp3) is 1.00. The standard InChI is InChI=1S/C18H39N.Mo.2S/c1-2-3-4-5-6-7-8-9-10-11-12-13-14-15-16-17-18-19;;;/h2-19H2,1H3;;;. The molecule has 0 spiro atoms. The van der Waals surface area contributed by atoms with Crippen LogP contribution in [-0.2, 0) is 14.9 Å². The molecule has 0 saturated heterocycles. The monoisotopic (exact) mass is 431 g/mol. The second-order valence-electron chi connectivity index (χ2n) is 6.16. The van der Waals surface area contributed by atoms with Crippen molar-refractivity contribution in [1.29, 1.82) is 0 Å². The van der Waals surface area contributed by atoms with Crippen molar-refractivity contribution < 1.29 is 14.9 Å². The first kappa shape index (κ1) is 25.3. The van der Waals surface area contributed by atoms with Crippen LogP contribution in [0.15, 0.2) is 0 Å². The summed E-state index contributed by atoms with van der Waals surface area (Å²) < 4.78 is 0. The van der Waals surface area contributed by atoms with Crippen LogP contribution in [0.4, 0.5) is 0 Å². The molecule has 0 atom stereocenters. The number of nitrogens with two attached hydrogens (primary N) is 1. The maximum absolute atomic E-state index is 5.48. The molecule has 0 unspecified atom stereocenters. The van der Waals surface area contributed by atoms with Crippen molar-refractivity contribution in [2.45, 2.75) is 110 Å². The summed E-state index contributed by atoms with van der Waals surface area (Å²) in [5.74, 6) is 0. The van der Waals surface area contributed by atoms with Gasteiger partial charge in [-0.25, -0.2) is 0 Å². The van der Waals surface area contributed by atoms with Crippen molar-refractivity contribution in [3.63, 3.8) is 0 Å². The maximum atomic E-state index is 5.48. The van der Waals surface area contributed by atoms with Gasteiger partial charge in [0, 0.05) is 0 Å². The predicted molar refractivity (Wildman–Crippen MR) is 104 cm³/mol. The molecule has 0 aromatic rings. The van der Waals surface area contributed by atoms with E-state index < -0.39 is 0 Å². The first-order valence-corrected chi connectivity index (χ1v) is 15.0. The van der Waals surface area contributed by atoms with Gasteiger partial charge in [-0.2, -0.15) is 0 Å². The van der Waals surface area contributed by atoms with Crippen LogP contribution in [0.5, 0.6) is 0 Å². The molecule has 4 heteroatoms. The van der Waals surface area contributed by atoms with E-state index in [2.05, 4.69) is 26.6 Å². The Kier molecular flexibility index (Phi) is 31.0. The normalized spacial score (nSPS) is 10.1. The molecule has 0 fully saturated rings. The van der Waals surface area contributed by atoms with E-state index in [9.17, 15) is 0 Å². The first-order chi connectivity index (χ1) is 10.8. The van der Waals surface area contributed by atoms with Gasteiger partial charge < -0.3 is 5.73 Å². The van der Waals surface area contributed by atoms with Crippen molar-refractivity contribution in [3.8, 4) is 0 Å². The van der Waals surface area contributed by atoms with E-state index in [0.717, 1.165) is 6.54 Å². The first-order valence-electron chi connectivity index (χ1n) is 9.45. The molecule has 0 aliphatic carbocycles. The molecule has 0 aliphatic heterocycles. The Labute approximate surface area is 156 Å². The van der Waals surface area contributed by atoms with Crippen LogP contribution in [0, 0.1) is 0 Å². The van der Waals surface area contributed by atoms with E-state index >= 15 is 0 Å². The molecular formula is C18H39MoNS2. The van der Waals surface area contributed by atoms with Gasteiger partial charge in [0.05, 0.1) is 0 Å². The van der Waals surface area contributed by atoms with Gasteiger partial charge in [-0.1, -0.05) is 103 Å². The summed E-state index contributed by atoms with van der Waals surface area (Å²) in [5.41, 5.74) is 5.48.